The number of methoxy groups -OCH3 is 2. The van der Waals surface area contributed by atoms with Gasteiger partial charge in [0.2, 0.25) is 5.90 Å². The minimum absolute atomic E-state index is 0.0616. The average Bonchev–Trinajstić information content (AvgIpc) is 3.01. The van der Waals surface area contributed by atoms with Crippen LogP contribution in [-0.4, -0.2) is 87.5 Å². The molecule has 0 radical (unpaired) electrons. The maximum atomic E-state index is 13.0. The maximum absolute atomic E-state index is 13.0. The molecule has 11 heteroatoms. The molecule has 3 heterocycles. The largest absolute Gasteiger partial charge is 0.481 e. The fraction of sp³-hybridized carbons (Fsp3) is 0.640. The van der Waals surface area contributed by atoms with E-state index in [0.717, 1.165) is 45.2 Å². The molecule has 0 saturated carbocycles. The lowest BCUT2D eigenvalue weighted by molar-refractivity contribution is -0.149. The van der Waals surface area contributed by atoms with Crippen molar-refractivity contribution in [3.63, 3.8) is 0 Å². The van der Waals surface area contributed by atoms with E-state index >= 15 is 0 Å². The van der Waals surface area contributed by atoms with Crippen molar-refractivity contribution in [1.82, 2.24) is 15.5 Å². The van der Waals surface area contributed by atoms with Crippen LogP contribution in [0.25, 0.3) is 0 Å². The van der Waals surface area contributed by atoms with E-state index in [1.165, 1.54) is 13.2 Å². The van der Waals surface area contributed by atoms with Crippen molar-refractivity contribution in [2.24, 2.45) is 10.7 Å². The topological polar surface area (TPSA) is 128 Å². The Hall–Kier alpha value is -2.40. The molecule has 0 aromatic heterocycles. The van der Waals surface area contributed by atoms with Gasteiger partial charge in [0, 0.05) is 38.1 Å². The van der Waals surface area contributed by atoms with Crippen molar-refractivity contribution in [1.29, 1.82) is 0 Å². The van der Waals surface area contributed by atoms with E-state index in [9.17, 15) is 9.59 Å². The molecule has 0 aromatic rings. The van der Waals surface area contributed by atoms with Crippen molar-refractivity contribution >= 4 is 29.4 Å². The summed E-state index contributed by atoms with van der Waals surface area (Å²) >= 11 is 6.16. The Balaban J connectivity index is 1.39. The fourth-order valence-electron chi connectivity index (χ4n) is 4.51. The summed E-state index contributed by atoms with van der Waals surface area (Å²) < 4.78 is 16.5. The Kier molecular flexibility index (Phi) is 11.2. The van der Waals surface area contributed by atoms with Crippen LogP contribution in [0.3, 0.4) is 0 Å². The van der Waals surface area contributed by atoms with E-state index in [1.54, 1.807) is 13.2 Å². The van der Waals surface area contributed by atoms with Gasteiger partial charge in [-0.05, 0) is 44.2 Å². The van der Waals surface area contributed by atoms with Gasteiger partial charge in [0.05, 0.1) is 25.8 Å². The normalized spacial score (nSPS) is 26.6. The number of ether oxygens (including phenoxy) is 3. The summed E-state index contributed by atoms with van der Waals surface area (Å²) in [6, 6.07) is -0.156. The molecule has 3 rings (SSSR count). The van der Waals surface area contributed by atoms with Crippen LogP contribution in [-0.2, 0) is 23.8 Å². The van der Waals surface area contributed by atoms with Gasteiger partial charge >= 0.3 is 5.97 Å². The smallest absolute Gasteiger partial charge is 0.306 e. The third-order valence-electron chi connectivity index (χ3n) is 6.44. The first-order valence-electron chi connectivity index (χ1n) is 12.5. The molecule has 0 aromatic carbocycles. The first-order valence-corrected chi connectivity index (χ1v) is 12.9. The van der Waals surface area contributed by atoms with E-state index in [0.29, 0.717) is 24.5 Å². The van der Waals surface area contributed by atoms with Crippen LogP contribution in [0.1, 0.15) is 38.5 Å². The minimum atomic E-state index is -0.679. The first kappa shape index (κ1) is 28.2. The number of likely N-dealkylation sites (tertiary alicyclic amines) is 1. The molecular weight excluding hydrogens is 486 g/mol. The van der Waals surface area contributed by atoms with Crippen LogP contribution in [0.5, 0.6) is 0 Å². The Morgan fingerprint density at radius 3 is 2.86 bits per heavy atom. The molecule has 0 bridgehead atoms. The lowest BCUT2D eigenvalue weighted by Crippen LogP contribution is -2.55. The zero-order valence-corrected chi connectivity index (χ0v) is 21.8. The highest BCUT2D eigenvalue weighted by Gasteiger charge is 2.32. The summed E-state index contributed by atoms with van der Waals surface area (Å²) in [6.07, 6.45) is 10.8. The van der Waals surface area contributed by atoms with Gasteiger partial charge < -0.3 is 35.5 Å². The Labute approximate surface area is 217 Å². The average molecular weight is 524 g/mol. The highest BCUT2D eigenvalue weighted by Crippen LogP contribution is 2.19. The van der Waals surface area contributed by atoms with Gasteiger partial charge in [0.25, 0.3) is 5.91 Å². The predicted molar refractivity (Wildman–Crippen MR) is 138 cm³/mol. The second kappa shape index (κ2) is 14.4. The molecular formula is C25H38ClN5O5. The van der Waals surface area contributed by atoms with Crippen LogP contribution in [0.4, 0.5) is 0 Å². The van der Waals surface area contributed by atoms with Crippen molar-refractivity contribution in [2.75, 3.05) is 40.4 Å². The number of allylic oxidation sites excluding steroid dienone is 2. The number of carbonyl (C=O) groups excluding carboxylic acids is 2. The van der Waals surface area contributed by atoms with Gasteiger partial charge in [-0.25, -0.2) is 4.99 Å². The number of halogens is 1. The van der Waals surface area contributed by atoms with E-state index in [4.69, 9.17) is 31.5 Å². The summed E-state index contributed by atoms with van der Waals surface area (Å²) in [5.74, 6) is -0.310. The van der Waals surface area contributed by atoms with Gasteiger partial charge in [0.1, 0.15) is 17.8 Å². The first-order chi connectivity index (χ1) is 17.4. The standard InChI is InChI=1S/C25H38ClN5O5/c1-34-21-16-31(11-5-3-4-8-23(32)36-18-7-6-10-28-15-18)12-9-20(21)29-24(33)19-13-17(26)14-22(27)30-25(19)35-2/h6,10,13-14,18,20-22,28H,3-5,7-9,11-12,15-16,27H2,1-2H3,(H,29,33)/t18-,20-,21+,22?/m1/s1. The predicted octanol–water partition coefficient (Wildman–Crippen LogP) is 1.56. The minimum Gasteiger partial charge on any atom is -0.481 e. The molecule has 3 aliphatic rings. The number of aliphatic imine (C=N–C) groups is 1. The molecule has 4 N–H and O–H groups in total. The number of hydrogen-bond acceptors (Lipinski definition) is 9. The van der Waals surface area contributed by atoms with Gasteiger partial charge in [-0.3, -0.25) is 9.59 Å². The van der Waals surface area contributed by atoms with Crippen LogP contribution in [0, 0.1) is 0 Å². The number of unbranched alkanes of at least 4 members (excludes halogenated alkanes) is 2. The number of nitrogens with zero attached hydrogens (tertiary/aromatic N) is 2. The number of nitrogens with one attached hydrogen (secondary N) is 2. The third kappa shape index (κ3) is 8.62. The Morgan fingerprint density at radius 1 is 1.31 bits per heavy atom. The lowest BCUT2D eigenvalue weighted by atomic mass is 10.0. The van der Waals surface area contributed by atoms with Crippen molar-refractivity contribution in [2.45, 2.75) is 62.9 Å². The zero-order chi connectivity index (χ0) is 25.9. The highest BCUT2D eigenvalue weighted by molar-refractivity contribution is 6.33. The molecule has 0 spiro atoms. The number of carbonyl (C=O) groups is 2. The Morgan fingerprint density at radius 2 is 2.14 bits per heavy atom. The lowest BCUT2D eigenvalue weighted by Gasteiger charge is -2.38. The maximum Gasteiger partial charge on any atom is 0.306 e. The number of piperidine rings is 1. The van der Waals surface area contributed by atoms with E-state index in [1.807, 2.05) is 12.3 Å². The summed E-state index contributed by atoms with van der Waals surface area (Å²) in [6.45, 7) is 3.14. The molecule has 1 unspecified atom stereocenters. The van der Waals surface area contributed by atoms with Crippen LogP contribution in [0.15, 0.2) is 40.0 Å². The Bertz CT molecular complexity index is 890. The molecule has 10 nitrogen and oxygen atoms in total. The molecule has 36 heavy (non-hydrogen) atoms. The van der Waals surface area contributed by atoms with Gasteiger partial charge in [-0.1, -0.05) is 24.1 Å². The quantitative estimate of drug-likeness (QED) is 0.291. The second-order valence-corrected chi connectivity index (χ2v) is 9.59. The summed E-state index contributed by atoms with van der Waals surface area (Å²) in [7, 11) is 3.10. The molecule has 0 aliphatic carbocycles. The number of amides is 1. The van der Waals surface area contributed by atoms with Gasteiger partial charge in [-0.15, -0.1) is 0 Å². The molecule has 1 saturated heterocycles. The number of esters is 1. The number of hydrogen-bond donors (Lipinski definition) is 3. The third-order valence-corrected chi connectivity index (χ3v) is 6.68. The monoisotopic (exact) mass is 523 g/mol. The highest BCUT2D eigenvalue weighted by atomic mass is 35.5. The second-order valence-electron chi connectivity index (χ2n) is 9.15. The van der Waals surface area contributed by atoms with E-state index in [-0.39, 0.29) is 41.6 Å². The van der Waals surface area contributed by atoms with Gasteiger partial charge in [-0.2, -0.15) is 0 Å². The number of nitrogens with two attached hydrogens (primary N) is 1. The molecule has 1 amide bonds. The van der Waals surface area contributed by atoms with Crippen molar-refractivity contribution in [3.05, 3.63) is 35.0 Å². The summed E-state index contributed by atoms with van der Waals surface area (Å²) in [5.41, 5.74) is 6.10. The van der Waals surface area contributed by atoms with Crippen molar-refractivity contribution < 1.29 is 23.8 Å². The summed E-state index contributed by atoms with van der Waals surface area (Å²) in [5, 5.41) is 6.46. The molecule has 200 valence electrons. The van der Waals surface area contributed by atoms with Crippen LogP contribution in [0.2, 0.25) is 0 Å². The number of rotatable bonds is 10. The zero-order valence-electron chi connectivity index (χ0n) is 21.1. The molecule has 3 aliphatic heterocycles. The van der Waals surface area contributed by atoms with Crippen LogP contribution >= 0.6 is 11.6 Å². The SMILES string of the molecule is COC1=NC(N)C=C(Cl)C=C1C(=O)N[C@@H]1CCN(CCCCCC(=O)O[C@@H]2CC=CNC2)C[C@@H]1OC. The molecule has 1 fully saturated rings. The van der Waals surface area contributed by atoms with E-state index in [2.05, 4.69) is 20.5 Å². The van der Waals surface area contributed by atoms with Crippen LogP contribution < -0.4 is 16.4 Å². The fourth-order valence-corrected chi connectivity index (χ4v) is 4.75. The summed E-state index contributed by atoms with van der Waals surface area (Å²) in [4.78, 5) is 31.6. The van der Waals surface area contributed by atoms with Gasteiger partial charge in [0.15, 0.2) is 0 Å². The van der Waals surface area contributed by atoms with E-state index < -0.39 is 6.17 Å². The molecule has 4 atom stereocenters. The van der Waals surface area contributed by atoms with Crippen molar-refractivity contribution in [3.8, 4) is 0 Å².